The highest BCUT2D eigenvalue weighted by atomic mass is 16.6. The molecule has 0 bridgehead atoms. The second kappa shape index (κ2) is 5.10. The van der Waals surface area contributed by atoms with E-state index in [-0.39, 0.29) is 0 Å². The molecule has 1 aromatic rings. The van der Waals surface area contributed by atoms with Gasteiger partial charge in [-0.25, -0.2) is 0 Å². The van der Waals surface area contributed by atoms with Crippen molar-refractivity contribution in [1.29, 1.82) is 0 Å². The number of fused-ring (bicyclic) bond motifs is 1. The third kappa shape index (κ3) is 2.53. The van der Waals surface area contributed by atoms with Crippen LogP contribution in [0.2, 0.25) is 0 Å². The lowest BCUT2D eigenvalue weighted by Gasteiger charge is -2.21. The van der Waals surface area contributed by atoms with Gasteiger partial charge in [-0.05, 0) is 24.6 Å². The molecule has 0 fully saturated rings. The summed E-state index contributed by atoms with van der Waals surface area (Å²) < 4.78 is 16.4. The molecule has 0 radical (unpaired) electrons. The molecular formula is C13H17NO3. The Kier molecular flexibility index (Phi) is 3.54. The smallest absolute Gasteiger partial charge is 0.203 e. The van der Waals surface area contributed by atoms with Gasteiger partial charge in [0, 0.05) is 6.54 Å². The van der Waals surface area contributed by atoms with Crippen LogP contribution in [0.4, 0.5) is 0 Å². The number of ether oxygens (including phenoxy) is 3. The molecule has 2 N–H and O–H groups in total. The highest BCUT2D eigenvalue weighted by molar-refractivity contribution is 5.63. The average molecular weight is 235 g/mol. The molecule has 4 nitrogen and oxygen atoms in total. The Morgan fingerprint density at radius 2 is 2.18 bits per heavy atom. The summed E-state index contributed by atoms with van der Waals surface area (Å²) in [6, 6.07) is 3.86. The molecule has 1 heterocycles. The van der Waals surface area contributed by atoms with Crippen molar-refractivity contribution in [3.63, 3.8) is 0 Å². The van der Waals surface area contributed by atoms with Crippen molar-refractivity contribution < 1.29 is 14.2 Å². The molecule has 1 aliphatic heterocycles. The van der Waals surface area contributed by atoms with Crippen molar-refractivity contribution in [3.8, 4) is 17.2 Å². The van der Waals surface area contributed by atoms with Crippen molar-refractivity contribution in [2.24, 2.45) is 5.73 Å². The third-order valence-electron chi connectivity index (χ3n) is 2.59. The summed E-state index contributed by atoms with van der Waals surface area (Å²) in [5.41, 5.74) is 7.68. The van der Waals surface area contributed by atoms with Gasteiger partial charge in [-0.3, -0.25) is 0 Å². The number of nitrogens with two attached hydrogens (primary N) is 1. The highest BCUT2D eigenvalue weighted by Crippen LogP contribution is 2.40. The van der Waals surface area contributed by atoms with Crippen LogP contribution in [0.1, 0.15) is 12.5 Å². The molecule has 1 aromatic carbocycles. The van der Waals surface area contributed by atoms with Gasteiger partial charge in [-0.1, -0.05) is 11.6 Å². The second-order valence-electron chi connectivity index (χ2n) is 3.94. The minimum Gasteiger partial charge on any atom is -0.493 e. The third-order valence-corrected chi connectivity index (χ3v) is 2.59. The molecule has 0 amide bonds. The van der Waals surface area contributed by atoms with E-state index in [1.165, 1.54) is 0 Å². The lowest BCUT2D eigenvalue weighted by molar-refractivity contribution is 0.165. The molecule has 4 heteroatoms. The van der Waals surface area contributed by atoms with Crippen LogP contribution in [0, 0.1) is 0 Å². The van der Waals surface area contributed by atoms with E-state index in [9.17, 15) is 0 Å². The van der Waals surface area contributed by atoms with E-state index in [4.69, 9.17) is 19.9 Å². The zero-order valence-corrected chi connectivity index (χ0v) is 10.2. The standard InChI is InChI=1S/C13H17NO3/c1-9(8-14)5-10-6-11(15-2)13-12(7-10)16-3-4-17-13/h5-7H,3-4,8,14H2,1-2H3. The fraction of sp³-hybridized carbons (Fsp3) is 0.385. The van der Waals surface area contributed by atoms with Crippen molar-refractivity contribution in [3.05, 3.63) is 23.3 Å². The first-order valence-electron chi connectivity index (χ1n) is 5.59. The summed E-state index contributed by atoms with van der Waals surface area (Å²) in [4.78, 5) is 0. The van der Waals surface area contributed by atoms with Gasteiger partial charge in [0.15, 0.2) is 11.5 Å². The molecule has 1 aliphatic rings. The van der Waals surface area contributed by atoms with Crippen LogP contribution < -0.4 is 19.9 Å². The van der Waals surface area contributed by atoms with Crippen LogP contribution in [0.15, 0.2) is 17.7 Å². The number of benzene rings is 1. The molecule has 0 spiro atoms. The van der Waals surface area contributed by atoms with E-state index >= 15 is 0 Å². The number of hydrogen-bond donors (Lipinski definition) is 1. The molecular weight excluding hydrogens is 218 g/mol. The molecule has 0 aromatic heterocycles. The molecule has 0 aliphatic carbocycles. The molecule has 2 rings (SSSR count). The minimum atomic E-state index is 0.538. The number of methoxy groups -OCH3 is 1. The van der Waals surface area contributed by atoms with Gasteiger partial charge in [-0.15, -0.1) is 0 Å². The van der Waals surface area contributed by atoms with E-state index < -0.39 is 0 Å². The Morgan fingerprint density at radius 1 is 1.41 bits per heavy atom. The van der Waals surface area contributed by atoms with Crippen LogP contribution in [-0.4, -0.2) is 26.9 Å². The maximum Gasteiger partial charge on any atom is 0.203 e. The second-order valence-corrected chi connectivity index (χ2v) is 3.94. The van der Waals surface area contributed by atoms with E-state index in [0.717, 1.165) is 16.9 Å². The lowest BCUT2D eigenvalue weighted by atomic mass is 10.1. The Balaban J connectivity index is 2.42. The van der Waals surface area contributed by atoms with Gasteiger partial charge in [0.1, 0.15) is 13.2 Å². The molecule has 0 atom stereocenters. The first-order valence-corrected chi connectivity index (χ1v) is 5.59. The molecule has 17 heavy (non-hydrogen) atoms. The van der Waals surface area contributed by atoms with Gasteiger partial charge in [-0.2, -0.15) is 0 Å². The van der Waals surface area contributed by atoms with E-state index in [1.54, 1.807) is 7.11 Å². The first-order chi connectivity index (χ1) is 8.24. The Hall–Kier alpha value is -1.68. The van der Waals surface area contributed by atoms with Crippen LogP contribution in [0.3, 0.4) is 0 Å². The van der Waals surface area contributed by atoms with Crippen LogP contribution >= 0.6 is 0 Å². The van der Waals surface area contributed by atoms with Crippen molar-refractivity contribution in [2.45, 2.75) is 6.92 Å². The van der Waals surface area contributed by atoms with E-state index in [0.29, 0.717) is 31.3 Å². The number of rotatable bonds is 3. The van der Waals surface area contributed by atoms with Crippen LogP contribution in [0.25, 0.3) is 6.08 Å². The van der Waals surface area contributed by atoms with Gasteiger partial charge in [0.25, 0.3) is 0 Å². The summed E-state index contributed by atoms with van der Waals surface area (Å²) in [5.74, 6) is 2.10. The normalized spacial score (nSPS) is 14.6. The Bertz CT molecular complexity index is 423. The topological polar surface area (TPSA) is 53.7 Å². The summed E-state index contributed by atoms with van der Waals surface area (Å²) in [5, 5.41) is 0. The first kappa shape index (κ1) is 11.8. The van der Waals surface area contributed by atoms with Crippen LogP contribution in [-0.2, 0) is 0 Å². The van der Waals surface area contributed by atoms with Crippen molar-refractivity contribution in [1.82, 2.24) is 0 Å². The van der Waals surface area contributed by atoms with Crippen molar-refractivity contribution >= 4 is 6.08 Å². The predicted molar refractivity (Wildman–Crippen MR) is 66.7 cm³/mol. The van der Waals surface area contributed by atoms with Gasteiger partial charge in [0.05, 0.1) is 7.11 Å². The maximum atomic E-state index is 5.57. The van der Waals surface area contributed by atoms with Crippen molar-refractivity contribution in [2.75, 3.05) is 26.9 Å². The van der Waals surface area contributed by atoms with Crippen LogP contribution in [0.5, 0.6) is 17.2 Å². The SMILES string of the molecule is COc1cc(C=C(C)CN)cc2c1OCCO2. The highest BCUT2D eigenvalue weighted by Gasteiger charge is 2.17. The van der Waals surface area contributed by atoms with Gasteiger partial charge >= 0.3 is 0 Å². The molecule has 0 unspecified atom stereocenters. The quantitative estimate of drug-likeness (QED) is 0.868. The summed E-state index contributed by atoms with van der Waals surface area (Å²) in [7, 11) is 1.62. The Labute approximate surface area is 101 Å². The summed E-state index contributed by atoms with van der Waals surface area (Å²) >= 11 is 0. The monoisotopic (exact) mass is 235 g/mol. The summed E-state index contributed by atoms with van der Waals surface area (Å²) in [6.07, 6.45) is 2.01. The lowest BCUT2D eigenvalue weighted by Crippen LogP contribution is -2.16. The zero-order chi connectivity index (χ0) is 12.3. The largest absolute Gasteiger partial charge is 0.493 e. The zero-order valence-electron chi connectivity index (χ0n) is 10.2. The molecule has 92 valence electrons. The Morgan fingerprint density at radius 3 is 2.88 bits per heavy atom. The summed E-state index contributed by atoms with van der Waals surface area (Å²) in [6.45, 7) is 3.65. The average Bonchev–Trinajstić information content (AvgIpc) is 2.37. The molecule has 0 saturated carbocycles. The molecule has 0 saturated heterocycles. The maximum absolute atomic E-state index is 5.57. The minimum absolute atomic E-state index is 0.538. The fourth-order valence-corrected chi connectivity index (χ4v) is 1.72. The fourth-order valence-electron chi connectivity index (χ4n) is 1.72. The van der Waals surface area contributed by atoms with E-state index in [1.807, 2.05) is 25.1 Å². The predicted octanol–water partition coefficient (Wildman–Crippen LogP) is 1.83. The number of hydrogen-bond acceptors (Lipinski definition) is 4. The van der Waals surface area contributed by atoms with E-state index in [2.05, 4.69) is 0 Å². The van der Waals surface area contributed by atoms with Gasteiger partial charge < -0.3 is 19.9 Å². The van der Waals surface area contributed by atoms with Gasteiger partial charge in [0.2, 0.25) is 5.75 Å².